The minimum Gasteiger partial charge on any atom is -0.483 e. The molecule has 8 heteroatoms. The fourth-order valence-electron chi connectivity index (χ4n) is 0. The van der Waals surface area contributed by atoms with Crippen LogP contribution in [0.2, 0.25) is 0 Å². The van der Waals surface area contributed by atoms with E-state index in [1.54, 1.807) is 0 Å². The van der Waals surface area contributed by atoms with Crippen molar-refractivity contribution in [2.24, 2.45) is 0 Å². The molecule has 0 unspecified atom stereocenters. The quantitative estimate of drug-likeness (QED) is 0.340. The van der Waals surface area contributed by atoms with Crippen LogP contribution < -0.4 is 0 Å². The van der Waals surface area contributed by atoms with E-state index < -0.39 is 10.4 Å². The van der Waals surface area contributed by atoms with Crippen LogP contribution in [0.15, 0.2) is 0 Å². The van der Waals surface area contributed by atoms with E-state index in [2.05, 4.69) is 0 Å². The zero-order valence-corrected chi connectivity index (χ0v) is 6.05. The summed E-state index contributed by atoms with van der Waals surface area (Å²) in [5, 5.41) is 6.89. The Morgan fingerprint density at radius 1 is 1.22 bits per heavy atom. The summed E-state index contributed by atoms with van der Waals surface area (Å²) in [4.78, 5) is 8.36. The first kappa shape index (κ1) is 15.9. The molecule has 0 aromatic carbocycles. The normalized spacial score (nSPS) is 7.78. The Morgan fingerprint density at radius 3 is 1.22 bits per heavy atom. The number of carboxylic acid groups (broad SMARTS) is 1. The Labute approximate surface area is 62.2 Å². The molecule has 56 valence electrons. The Balaban J connectivity index is -0.0000000800. The topological polar surface area (TPSA) is 112 Å². The van der Waals surface area contributed by atoms with Crippen molar-refractivity contribution in [1.29, 1.82) is 0 Å². The average Bonchev–Trinajstić information content (AvgIpc) is 1.27. The predicted octanol–water partition coefficient (Wildman–Crippen LogP) is -0.954. The van der Waals surface area contributed by atoms with Crippen molar-refractivity contribution in [3.8, 4) is 0 Å². The van der Waals surface area contributed by atoms with Gasteiger partial charge in [-0.3, -0.25) is 13.9 Å². The molecule has 0 aliphatic heterocycles. The molecule has 0 radical (unpaired) electrons. The van der Waals surface area contributed by atoms with Gasteiger partial charge in [0.1, 0.15) is 0 Å². The molecule has 0 fully saturated rings. The third kappa shape index (κ3) is 16700. The molecule has 9 heavy (non-hydrogen) atoms. The first-order chi connectivity index (χ1) is 3.41. The van der Waals surface area contributed by atoms with Crippen LogP contribution in [0.25, 0.3) is 0 Å². The molecule has 0 saturated carbocycles. The molecular formula is CH4CrO6S. The molecule has 0 aromatic heterocycles. The molecule has 0 aliphatic rings. The van der Waals surface area contributed by atoms with E-state index in [-0.39, 0.29) is 23.8 Å². The van der Waals surface area contributed by atoms with Crippen molar-refractivity contribution in [1.82, 2.24) is 0 Å². The minimum atomic E-state index is -4.67. The molecule has 0 amide bonds. The second kappa shape index (κ2) is 7.87. The van der Waals surface area contributed by atoms with Crippen molar-refractivity contribution >= 4 is 16.9 Å². The van der Waals surface area contributed by atoms with Crippen LogP contribution in [0, 0.1) is 0 Å². The number of carbonyl (C=O) groups is 1. The van der Waals surface area contributed by atoms with Gasteiger partial charge in [0.2, 0.25) is 0 Å². The fourth-order valence-corrected chi connectivity index (χ4v) is 0. The second-order valence-corrected chi connectivity index (χ2v) is 1.45. The SMILES string of the molecule is O=CO.O=S(=O)(O)O.[Cr]. The molecule has 0 rings (SSSR count). The Kier molecular flexibility index (Phi) is 13.9. The van der Waals surface area contributed by atoms with Crippen molar-refractivity contribution in [2.75, 3.05) is 0 Å². The van der Waals surface area contributed by atoms with E-state index >= 15 is 0 Å². The van der Waals surface area contributed by atoms with Crippen LogP contribution >= 0.6 is 0 Å². The summed E-state index contributed by atoms with van der Waals surface area (Å²) in [7, 11) is -4.67. The third-order valence-corrected chi connectivity index (χ3v) is 0. The summed E-state index contributed by atoms with van der Waals surface area (Å²) in [5.41, 5.74) is 0. The largest absolute Gasteiger partial charge is 0.483 e. The van der Waals surface area contributed by atoms with E-state index in [4.69, 9.17) is 27.4 Å². The van der Waals surface area contributed by atoms with Gasteiger partial charge in [0.15, 0.2) is 0 Å². The van der Waals surface area contributed by atoms with E-state index in [1.165, 1.54) is 0 Å². The summed E-state index contributed by atoms with van der Waals surface area (Å²) in [6.45, 7) is -0.250. The summed E-state index contributed by atoms with van der Waals surface area (Å²) >= 11 is 0. The average molecular weight is 196 g/mol. The molecule has 0 bridgehead atoms. The van der Waals surface area contributed by atoms with Crippen LogP contribution in [0.1, 0.15) is 0 Å². The van der Waals surface area contributed by atoms with Crippen molar-refractivity contribution in [2.45, 2.75) is 0 Å². The standard InChI is InChI=1S/CH2O2.Cr.H2O4S/c2-1-3;;1-5(2,3)4/h1H,(H,2,3);;(H2,1,2,3,4). The minimum absolute atomic E-state index is 0. The molecule has 0 aliphatic carbocycles. The van der Waals surface area contributed by atoms with Crippen LogP contribution in [0.4, 0.5) is 0 Å². The van der Waals surface area contributed by atoms with E-state index in [9.17, 15) is 0 Å². The van der Waals surface area contributed by atoms with Crippen LogP contribution in [0.5, 0.6) is 0 Å². The summed E-state index contributed by atoms with van der Waals surface area (Å²) in [6, 6.07) is 0. The second-order valence-electron chi connectivity index (χ2n) is 0.553. The van der Waals surface area contributed by atoms with Crippen molar-refractivity contribution in [3.63, 3.8) is 0 Å². The van der Waals surface area contributed by atoms with Crippen molar-refractivity contribution < 1.29 is 44.8 Å². The Hall–Kier alpha value is -0.128. The van der Waals surface area contributed by atoms with Gasteiger partial charge in [0.25, 0.3) is 6.47 Å². The van der Waals surface area contributed by atoms with E-state index in [0.29, 0.717) is 0 Å². The van der Waals surface area contributed by atoms with Crippen LogP contribution in [0.3, 0.4) is 0 Å². The maximum atomic E-state index is 8.74. The Morgan fingerprint density at radius 2 is 1.22 bits per heavy atom. The number of rotatable bonds is 0. The molecule has 0 heterocycles. The molecular weight excluding hydrogens is 192 g/mol. The number of hydrogen-bond acceptors (Lipinski definition) is 3. The summed E-state index contributed by atoms with van der Waals surface area (Å²) in [5.74, 6) is 0. The first-order valence-electron chi connectivity index (χ1n) is 1.19. The van der Waals surface area contributed by atoms with Crippen LogP contribution in [-0.2, 0) is 32.6 Å². The molecule has 0 saturated heterocycles. The van der Waals surface area contributed by atoms with Gasteiger partial charge < -0.3 is 5.11 Å². The smallest absolute Gasteiger partial charge is 0.394 e. The monoisotopic (exact) mass is 196 g/mol. The van der Waals surface area contributed by atoms with E-state index in [0.717, 1.165) is 0 Å². The zero-order valence-electron chi connectivity index (χ0n) is 3.96. The maximum Gasteiger partial charge on any atom is 0.394 e. The Bertz CT molecular complexity index is 127. The maximum absolute atomic E-state index is 8.74. The number of hydrogen-bond donors (Lipinski definition) is 3. The third-order valence-electron chi connectivity index (χ3n) is 0. The van der Waals surface area contributed by atoms with Gasteiger partial charge in [-0.25, -0.2) is 0 Å². The van der Waals surface area contributed by atoms with Gasteiger partial charge in [-0.2, -0.15) is 8.42 Å². The van der Waals surface area contributed by atoms with Gasteiger partial charge in [-0.05, 0) is 0 Å². The molecule has 0 atom stereocenters. The van der Waals surface area contributed by atoms with Gasteiger partial charge in [0.05, 0.1) is 0 Å². The summed E-state index contributed by atoms with van der Waals surface area (Å²) in [6.07, 6.45) is 0. The van der Waals surface area contributed by atoms with Gasteiger partial charge in [-0.15, -0.1) is 0 Å². The zero-order chi connectivity index (χ0) is 7.21. The fraction of sp³-hybridized carbons (Fsp3) is 0. The van der Waals surface area contributed by atoms with Gasteiger partial charge >= 0.3 is 10.4 Å². The molecule has 6 nitrogen and oxygen atoms in total. The predicted molar refractivity (Wildman–Crippen MR) is 22.9 cm³/mol. The van der Waals surface area contributed by atoms with Crippen LogP contribution in [-0.4, -0.2) is 29.1 Å². The van der Waals surface area contributed by atoms with Gasteiger partial charge in [0, 0.05) is 17.4 Å². The van der Waals surface area contributed by atoms with Crippen molar-refractivity contribution in [3.05, 3.63) is 0 Å². The van der Waals surface area contributed by atoms with Gasteiger partial charge in [-0.1, -0.05) is 0 Å². The molecule has 0 spiro atoms. The molecule has 3 N–H and O–H groups in total. The summed E-state index contributed by atoms with van der Waals surface area (Å²) < 4.78 is 31.6. The first-order valence-corrected chi connectivity index (χ1v) is 2.59. The molecule has 0 aromatic rings. The van der Waals surface area contributed by atoms with E-state index in [1.807, 2.05) is 0 Å².